The van der Waals surface area contributed by atoms with Crippen LogP contribution in [-0.4, -0.2) is 46.9 Å². The highest BCUT2D eigenvalue weighted by molar-refractivity contribution is 5.00. The summed E-state index contributed by atoms with van der Waals surface area (Å²) in [6.45, 7) is 7.00. The fourth-order valence-corrected chi connectivity index (χ4v) is 2.69. The van der Waals surface area contributed by atoms with Gasteiger partial charge < -0.3 is 10.2 Å². The number of likely N-dealkylation sites (tertiary alicyclic amines) is 1. The first-order valence-electron chi connectivity index (χ1n) is 7.22. The van der Waals surface area contributed by atoms with Crippen molar-refractivity contribution in [3.63, 3.8) is 0 Å². The zero-order valence-electron chi connectivity index (χ0n) is 11.7. The minimum atomic E-state index is 0.699. The summed E-state index contributed by atoms with van der Waals surface area (Å²) in [5.41, 5.74) is 1.33. The first-order valence-corrected chi connectivity index (χ1v) is 7.22. The van der Waals surface area contributed by atoms with E-state index in [1.54, 1.807) is 0 Å². The minimum absolute atomic E-state index is 0.699. The van der Waals surface area contributed by atoms with Crippen molar-refractivity contribution >= 4 is 0 Å². The van der Waals surface area contributed by atoms with Crippen LogP contribution in [0.25, 0.3) is 0 Å². The molecule has 0 spiro atoms. The van der Waals surface area contributed by atoms with Crippen molar-refractivity contribution in [3.8, 4) is 0 Å². The van der Waals surface area contributed by atoms with Crippen LogP contribution in [-0.2, 0) is 13.5 Å². The van der Waals surface area contributed by atoms with Gasteiger partial charge in [0.1, 0.15) is 0 Å². The summed E-state index contributed by atoms with van der Waals surface area (Å²) >= 11 is 0. The number of aryl methyl sites for hydroxylation is 1. The lowest BCUT2D eigenvalue weighted by atomic mass is 10.1. The summed E-state index contributed by atoms with van der Waals surface area (Å²) in [6.07, 6.45) is 6.88. The van der Waals surface area contributed by atoms with E-state index in [-0.39, 0.29) is 0 Å². The number of hydrogen-bond acceptors (Lipinski definition) is 3. The first kappa shape index (κ1) is 13.6. The molecule has 1 N–H and O–H groups in total. The maximum absolute atomic E-state index is 4.22. The van der Waals surface area contributed by atoms with E-state index in [4.69, 9.17) is 0 Å². The third-order valence-corrected chi connectivity index (χ3v) is 3.80. The van der Waals surface area contributed by atoms with Crippen molar-refractivity contribution < 1.29 is 0 Å². The molecule has 0 aliphatic carbocycles. The second-order valence-electron chi connectivity index (χ2n) is 5.29. The SMILES string of the molecule is CCCNC1CCCN(CCc2ccnn2C)C1. The Morgan fingerprint density at radius 3 is 3.11 bits per heavy atom. The van der Waals surface area contributed by atoms with Crippen molar-refractivity contribution in [2.45, 2.75) is 38.6 Å². The molecule has 0 saturated carbocycles. The van der Waals surface area contributed by atoms with E-state index >= 15 is 0 Å². The summed E-state index contributed by atoms with van der Waals surface area (Å²) in [7, 11) is 2.02. The Morgan fingerprint density at radius 1 is 1.50 bits per heavy atom. The molecule has 0 aromatic carbocycles. The zero-order valence-corrected chi connectivity index (χ0v) is 11.7. The lowest BCUT2D eigenvalue weighted by Crippen LogP contribution is -2.46. The number of nitrogens with zero attached hydrogens (tertiary/aromatic N) is 3. The monoisotopic (exact) mass is 250 g/mol. The van der Waals surface area contributed by atoms with Crippen molar-refractivity contribution in [2.24, 2.45) is 7.05 Å². The van der Waals surface area contributed by atoms with Crippen LogP contribution in [0.5, 0.6) is 0 Å². The molecule has 1 saturated heterocycles. The van der Waals surface area contributed by atoms with Gasteiger partial charge in [-0.25, -0.2) is 0 Å². The Morgan fingerprint density at radius 2 is 2.39 bits per heavy atom. The van der Waals surface area contributed by atoms with Gasteiger partial charge in [0.05, 0.1) is 0 Å². The molecule has 4 heteroatoms. The average molecular weight is 250 g/mol. The molecule has 1 aromatic rings. The molecule has 1 unspecified atom stereocenters. The van der Waals surface area contributed by atoms with Crippen LogP contribution in [0.1, 0.15) is 31.9 Å². The smallest absolute Gasteiger partial charge is 0.0492 e. The van der Waals surface area contributed by atoms with Crippen molar-refractivity contribution in [1.82, 2.24) is 20.0 Å². The predicted molar refractivity (Wildman–Crippen MR) is 74.7 cm³/mol. The van der Waals surface area contributed by atoms with Crippen molar-refractivity contribution in [3.05, 3.63) is 18.0 Å². The summed E-state index contributed by atoms with van der Waals surface area (Å²) in [5, 5.41) is 7.87. The highest BCUT2D eigenvalue weighted by Gasteiger charge is 2.18. The topological polar surface area (TPSA) is 33.1 Å². The molecule has 1 fully saturated rings. The number of nitrogens with one attached hydrogen (secondary N) is 1. The van der Waals surface area contributed by atoms with Gasteiger partial charge in [0.25, 0.3) is 0 Å². The Hall–Kier alpha value is -0.870. The van der Waals surface area contributed by atoms with Gasteiger partial charge in [-0.15, -0.1) is 0 Å². The second kappa shape index (κ2) is 6.90. The Kier molecular flexibility index (Phi) is 5.20. The fourth-order valence-electron chi connectivity index (χ4n) is 2.69. The molecule has 0 amide bonds. The van der Waals surface area contributed by atoms with E-state index in [0.717, 1.165) is 19.5 Å². The van der Waals surface area contributed by atoms with E-state index in [1.165, 1.54) is 38.0 Å². The minimum Gasteiger partial charge on any atom is -0.313 e. The third kappa shape index (κ3) is 3.82. The van der Waals surface area contributed by atoms with Gasteiger partial charge in [-0.2, -0.15) is 5.10 Å². The van der Waals surface area contributed by atoms with Gasteiger partial charge in [0.15, 0.2) is 0 Å². The van der Waals surface area contributed by atoms with E-state index in [2.05, 4.69) is 28.3 Å². The third-order valence-electron chi connectivity index (χ3n) is 3.80. The average Bonchev–Trinajstić information content (AvgIpc) is 2.80. The van der Waals surface area contributed by atoms with E-state index in [9.17, 15) is 0 Å². The molecule has 4 nitrogen and oxygen atoms in total. The van der Waals surface area contributed by atoms with Crippen LogP contribution >= 0.6 is 0 Å². The number of piperidine rings is 1. The molecule has 2 rings (SSSR count). The molecule has 1 aliphatic heterocycles. The lowest BCUT2D eigenvalue weighted by molar-refractivity contribution is 0.192. The van der Waals surface area contributed by atoms with Crippen molar-refractivity contribution in [2.75, 3.05) is 26.2 Å². The summed E-state index contributed by atoms with van der Waals surface area (Å²) in [6, 6.07) is 2.82. The van der Waals surface area contributed by atoms with Gasteiger partial charge in [-0.05, 0) is 38.4 Å². The molecule has 102 valence electrons. The van der Waals surface area contributed by atoms with Crippen LogP contribution in [0.2, 0.25) is 0 Å². The largest absolute Gasteiger partial charge is 0.313 e. The fraction of sp³-hybridized carbons (Fsp3) is 0.786. The molecule has 1 atom stereocenters. The highest BCUT2D eigenvalue weighted by atomic mass is 15.3. The molecule has 18 heavy (non-hydrogen) atoms. The number of hydrogen-bond donors (Lipinski definition) is 1. The van der Waals surface area contributed by atoms with Gasteiger partial charge in [0.2, 0.25) is 0 Å². The Bertz CT molecular complexity index is 347. The standard InChI is InChI=1S/C14H26N4/c1-3-8-15-13-5-4-10-18(12-13)11-7-14-6-9-16-17(14)2/h6,9,13,15H,3-5,7-8,10-12H2,1-2H3. The van der Waals surface area contributed by atoms with Gasteiger partial charge in [-0.3, -0.25) is 4.68 Å². The normalized spacial score (nSPS) is 21.3. The quantitative estimate of drug-likeness (QED) is 0.829. The molecule has 2 heterocycles. The number of rotatable bonds is 6. The molecular weight excluding hydrogens is 224 g/mol. The summed E-state index contributed by atoms with van der Waals surface area (Å²) in [5.74, 6) is 0. The predicted octanol–water partition coefficient (Wildman–Crippen LogP) is 1.43. The zero-order chi connectivity index (χ0) is 12.8. The van der Waals surface area contributed by atoms with Crippen LogP contribution < -0.4 is 5.32 Å². The summed E-state index contributed by atoms with van der Waals surface area (Å²) < 4.78 is 1.98. The maximum atomic E-state index is 4.22. The maximum Gasteiger partial charge on any atom is 0.0492 e. The van der Waals surface area contributed by atoms with E-state index < -0.39 is 0 Å². The van der Waals surface area contributed by atoms with Crippen LogP contribution in [0.3, 0.4) is 0 Å². The molecular formula is C14H26N4. The molecule has 1 aliphatic rings. The molecule has 0 radical (unpaired) electrons. The Labute approximate surface area is 110 Å². The van der Waals surface area contributed by atoms with Crippen molar-refractivity contribution in [1.29, 1.82) is 0 Å². The lowest BCUT2D eigenvalue weighted by Gasteiger charge is -2.33. The van der Waals surface area contributed by atoms with E-state index in [0.29, 0.717) is 6.04 Å². The van der Waals surface area contributed by atoms with Gasteiger partial charge in [0, 0.05) is 44.5 Å². The molecule has 0 bridgehead atoms. The van der Waals surface area contributed by atoms with Gasteiger partial charge in [-0.1, -0.05) is 6.92 Å². The number of aromatic nitrogens is 2. The van der Waals surface area contributed by atoms with E-state index in [1.807, 2.05) is 17.9 Å². The van der Waals surface area contributed by atoms with Crippen LogP contribution in [0, 0.1) is 0 Å². The van der Waals surface area contributed by atoms with Crippen LogP contribution in [0.15, 0.2) is 12.3 Å². The Balaban J connectivity index is 1.74. The highest BCUT2D eigenvalue weighted by Crippen LogP contribution is 2.11. The molecule has 1 aromatic heterocycles. The van der Waals surface area contributed by atoms with Crippen LogP contribution in [0.4, 0.5) is 0 Å². The summed E-state index contributed by atoms with van der Waals surface area (Å²) in [4.78, 5) is 2.59. The second-order valence-corrected chi connectivity index (χ2v) is 5.29. The first-order chi connectivity index (χ1) is 8.79. The van der Waals surface area contributed by atoms with Gasteiger partial charge >= 0.3 is 0 Å².